The van der Waals surface area contributed by atoms with Crippen LogP contribution >= 0.6 is 0 Å². The molecule has 0 N–H and O–H groups in total. The molecule has 7 atom stereocenters. The van der Waals surface area contributed by atoms with Crippen LogP contribution in [-0.4, -0.2) is 10.8 Å². The number of carbonyl (C=O) groups excluding carboxylic acids is 1. The van der Waals surface area contributed by atoms with Crippen molar-refractivity contribution in [3.05, 3.63) is 36.2 Å². The molecular weight excluding hydrogens is 330 g/mol. The van der Waals surface area contributed by atoms with Crippen LogP contribution in [0.15, 0.2) is 30.6 Å². The molecule has 1 aromatic heterocycles. The minimum absolute atomic E-state index is 0.298. The number of ketones is 1. The Morgan fingerprint density at radius 2 is 2.04 bits per heavy atom. The second-order valence-electron chi connectivity index (χ2n) is 10.5. The summed E-state index contributed by atoms with van der Waals surface area (Å²) in [7, 11) is 0. The first kappa shape index (κ1) is 17.6. The average molecular weight is 364 g/mol. The summed E-state index contributed by atoms with van der Waals surface area (Å²) in [6, 6.07) is 4.32. The van der Waals surface area contributed by atoms with Gasteiger partial charge >= 0.3 is 0 Å². The number of fused-ring (bicyclic) bond motifs is 5. The van der Waals surface area contributed by atoms with Crippen molar-refractivity contribution >= 4 is 11.4 Å². The van der Waals surface area contributed by atoms with Gasteiger partial charge in [0.2, 0.25) is 0 Å². The van der Waals surface area contributed by atoms with E-state index in [9.17, 15) is 4.79 Å². The molecule has 4 aliphatic carbocycles. The van der Waals surface area contributed by atoms with Gasteiger partial charge in [0.15, 0.2) is 0 Å². The fourth-order valence-corrected chi connectivity index (χ4v) is 7.97. The van der Waals surface area contributed by atoms with Gasteiger partial charge in [0, 0.05) is 25.2 Å². The van der Waals surface area contributed by atoms with Crippen molar-refractivity contribution < 1.29 is 4.79 Å². The second kappa shape index (κ2) is 6.03. The van der Waals surface area contributed by atoms with Gasteiger partial charge in [-0.3, -0.25) is 9.78 Å². The number of Topliss-reactive ketones (excluding diaryl/α,β-unsaturated/α-hetero) is 1. The van der Waals surface area contributed by atoms with Crippen LogP contribution in [0, 0.1) is 40.4 Å². The van der Waals surface area contributed by atoms with E-state index in [1.54, 1.807) is 5.57 Å². The van der Waals surface area contributed by atoms with Crippen LogP contribution in [0.3, 0.4) is 0 Å². The van der Waals surface area contributed by atoms with Crippen LogP contribution in [0.1, 0.15) is 71.3 Å². The number of pyridine rings is 1. The lowest BCUT2D eigenvalue weighted by molar-refractivity contribution is -0.144. The van der Waals surface area contributed by atoms with E-state index in [1.807, 2.05) is 6.20 Å². The Kier molecular flexibility index (Phi) is 3.94. The first-order chi connectivity index (χ1) is 12.9. The van der Waals surface area contributed by atoms with Gasteiger partial charge in [0.25, 0.3) is 0 Å². The molecule has 27 heavy (non-hydrogen) atoms. The number of allylic oxidation sites excluding steroid dienone is 2. The fourth-order valence-electron chi connectivity index (χ4n) is 7.97. The Hall–Kier alpha value is -1.44. The maximum Gasteiger partial charge on any atom is 0.133 e. The largest absolute Gasteiger partial charge is 0.300 e. The van der Waals surface area contributed by atoms with Gasteiger partial charge in [-0.15, -0.1) is 0 Å². The van der Waals surface area contributed by atoms with Gasteiger partial charge < -0.3 is 0 Å². The number of hydrogen-bond donors (Lipinski definition) is 0. The Balaban J connectivity index is 1.49. The molecule has 3 fully saturated rings. The van der Waals surface area contributed by atoms with Crippen molar-refractivity contribution in [3.8, 4) is 0 Å². The van der Waals surface area contributed by atoms with Gasteiger partial charge in [0.1, 0.15) is 5.78 Å². The van der Waals surface area contributed by atoms with Crippen LogP contribution in [-0.2, 0) is 4.79 Å². The monoisotopic (exact) mass is 363 g/mol. The van der Waals surface area contributed by atoms with Crippen molar-refractivity contribution in [1.29, 1.82) is 0 Å². The molecule has 144 valence electrons. The van der Waals surface area contributed by atoms with Gasteiger partial charge in [-0.05, 0) is 89.7 Å². The molecule has 0 radical (unpaired) electrons. The van der Waals surface area contributed by atoms with E-state index in [4.69, 9.17) is 0 Å². The molecule has 2 unspecified atom stereocenters. The average Bonchev–Trinajstić information content (AvgIpc) is 3.01. The molecule has 0 spiro atoms. The lowest BCUT2D eigenvalue weighted by atomic mass is 9.42. The first-order valence-corrected chi connectivity index (χ1v) is 11.1. The van der Waals surface area contributed by atoms with Crippen LogP contribution < -0.4 is 0 Å². The summed E-state index contributed by atoms with van der Waals surface area (Å²) in [5.74, 6) is 4.27. The highest BCUT2D eigenvalue weighted by atomic mass is 16.1. The van der Waals surface area contributed by atoms with Crippen LogP contribution in [0.2, 0.25) is 0 Å². The molecule has 0 saturated heterocycles. The Bertz CT molecular complexity index is 783. The zero-order valence-corrected chi connectivity index (χ0v) is 17.1. The zero-order chi connectivity index (χ0) is 18.8. The quantitative estimate of drug-likeness (QED) is 0.619. The minimum atomic E-state index is 0.298. The standard InChI is InChI=1S/C25H33NO/c1-16-13-18-14-19(27)8-10-24(18,2)22-9-11-25(3)20(6-7-21(25)23(16)22)17-5-4-12-26-15-17/h4-6,12,15-16,18,21-23H,7-11,13-14H2,1-3H3/t16?,18?,21-,22+,23-,24-,25+/m0/s1. The Morgan fingerprint density at radius 1 is 1.19 bits per heavy atom. The third kappa shape index (κ3) is 2.44. The molecule has 1 heterocycles. The number of hydrogen-bond acceptors (Lipinski definition) is 2. The topological polar surface area (TPSA) is 30.0 Å². The molecule has 0 amide bonds. The van der Waals surface area contributed by atoms with Gasteiger partial charge in [-0.25, -0.2) is 0 Å². The SMILES string of the molecule is CC1CC2CC(=O)CC[C@]2(C)[C@@H]2CC[C@]3(C)C(c4cccnc4)=CC[C@H]3[C@H]12. The highest BCUT2D eigenvalue weighted by molar-refractivity contribution is 5.79. The summed E-state index contributed by atoms with van der Waals surface area (Å²) in [5.41, 5.74) is 3.57. The molecule has 1 aromatic rings. The Morgan fingerprint density at radius 3 is 2.81 bits per heavy atom. The summed E-state index contributed by atoms with van der Waals surface area (Å²) in [6.45, 7) is 7.57. The number of aromatic nitrogens is 1. The van der Waals surface area contributed by atoms with E-state index < -0.39 is 0 Å². The first-order valence-electron chi connectivity index (χ1n) is 11.1. The summed E-state index contributed by atoms with van der Waals surface area (Å²) in [5, 5.41) is 0. The van der Waals surface area contributed by atoms with E-state index in [0.717, 1.165) is 42.9 Å². The second-order valence-corrected chi connectivity index (χ2v) is 10.5. The van der Waals surface area contributed by atoms with E-state index >= 15 is 0 Å². The molecule has 4 aliphatic rings. The smallest absolute Gasteiger partial charge is 0.133 e. The van der Waals surface area contributed by atoms with E-state index in [2.05, 4.69) is 50.2 Å². The van der Waals surface area contributed by atoms with Crippen LogP contribution in [0.4, 0.5) is 0 Å². The molecule has 3 saturated carbocycles. The molecule has 0 aromatic carbocycles. The van der Waals surface area contributed by atoms with Crippen molar-refractivity contribution in [3.63, 3.8) is 0 Å². The molecule has 2 nitrogen and oxygen atoms in total. The Labute approximate surface area is 163 Å². The molecule has 2 heteroatoms. The van der Waals surface area contributed by atoms with Gasteiger partial charge in [0.05, 0.1) is 0 Å². The highest BCUT2D eigenvalue weighted by Crippen LogP contribution is 2.68. The number of rotatable bonds is 1. The minimum Gasteiger partial charge on any atom is -0.300 e. The van der Waals surface area contributed by atoms with E-state index in [1.165, 1.54) is 31.2 Å². The van der Waals surface area contributed by atoms with E-state index in [0.29, 0.717) is 22.5 Å². The molecule has 5 rings (SSSR count). The maximum absolute atomic E-state index is 12.1. The van der Waals surface area contributed by atoms with Crippen molar-refractivity contribution in [2.75, 3.05) is 0 Å². The third-order valence-electron chi connectivity index (χ3n) is 9.40. The fraction of sp³-hybridized carbons (Fsp3) is 0.680. The lowest BCUT2D eigenvalue weighted by Gasteiger charge is -2.62. The number of carbonyl (C=O) groups is 1. The summed E-state index contributed by atoms with van der Waals surface area (Å²) >= 11 is 0. The summed E-state index contributed by atoms with van der Waals surface area (Å²) in [4.78, 5) is 16.5. The lowest BCUT2D eigenvalue weighted by Crippen LogP contribution is -2.55. The zero-order valence-electron chi connectivity index (χ0n) is 17.1. The normalized spacial score (nSPS) is 46.3. The predicted octanol–water partition coefficient (Wildman–Crippen LogP) is 5.93. The summed E-state index contributed by atoms with van der Waals surface area (Å²) < 4.78 is 0. The van der Waals surface area contributed by atoms with E-state index in [-0.39, 0.29) is 0 Å². The molecule has 0 bridgehead atoms. The third-order valence-corrected chi connectivity index (χ3v) is 9.40. The van der Waals surface area contributed by atoms with Crippen LogP contribution in [0.25, 0.3) is 5.57 Å². The molecular formula is C25H33NO. The van der Waals surface area contributed by atoms with Gasteiger partial charge in [-0.1, -0.05) is 32.9 Å². The van der Waals surface area contributed by atoms with Crippen molar-refractivity contribution in [1.82, 2.24) is 4.98 Å². The maximum atomic E-state index is 12.1. The number of nitrogens with zero attached hydrogens (tertiary/aromatic N) is 1. The highest BCUT2D eigenvalue weighted by Gasteiger charge is 2.60. The predicted molar refractivity (Wildman–Crippen MR) is 109 cm³/mol. The van der Waals surface area contributed by atoms with Crippen LogP contribution in [0.5, 0.6) is 0 Å². The van der Waals surface area contributed by atoms with Crippen molar-refractivity contribution in [2.24, 2.45) is 40.4 Å². The summed E-state index contributed by atoms with van der Waals surface area (Å²) in [6.07, 6.45) is 14.4. The van der Waals surface area contributed by atoms with Crippen molar-refractivity contribution in [2.45, 2.75) is 65.7 Å². The van der Waals surface area contributed by atoms with Gasteiger partial charge in [-0.2, -0.15) is 0 Å². The molecule has 0 aliphatic heterocycles.